The predicted molar refractivity (Wildman–Crippen MR) is 135 cm³/mol. The lowest BCUT2D eigenvalue weighted by molar-refractivity contribution is -0.126. The molecule has 1 aromatic heterocycles. The molecule has 4 rings (SSSR count). The van der Waals surface area contributed by atoms with E-state index in [2.05, 4.69) is 30.4 Å². The third kappa shape index (κ3) is 5.91. The van der Waals surface area contributed by atoms with Crippen molar-refractivity contribution in [3.63, 3.8) is 0 Å². The van der Waals surface area contributed by atoms with E-state index in [1.165, 1.54) is 16.9 Å². The Balaban J connectivity index is 1.67. The molecule has 2 aromatic carbocycles. The number of thiophene rings is 1. The van der Waals surface area contributed by atoms with Crippen LogP contribution >= 0.6 is 11.3 Å². The lowest BCUT2D eigenvalue weighted by atomic mass is 10.0. The molecule has 0 spiro atoms. The molecule has 172 valence electrons. The summed E-state index contributed by atoms with van der Waals surface area (Å²) in [6.45, 7) is 4.57. The number of carbonyl (C=O) groups is 2. The van der Waals surface area contributed by atoms with Crippen LogP contribution in [0.2, 0.25) is 0 Å². The third-order valence-corrected chi connectivity index (χ3v) is 7.23. The second-order valence-corrected chi connectivity index (χ2v) is 9.97. The zero-order valence-corrected chi connectivity index (χ0v) is 20.2. The van der Waals surface area contributed by atoms with Crippen molar-refractivity contribution in [3.05, 3.63) is 93.2 Å². The van der Waals surface area contributed by atoms with Crippen LogP contribution < -0.4 is 5.32 Å². The number of benzene rings is 2. The summed E-state index contributed by atoms with van der Waals surface area (Å²) < 4.78 is 0. The second kappa shape index (κ2) is 10.8. The van der Waals surface area contributed by atoms with Crippen molar-refractivity contribution in [2.45, 2.75) is 58.0 Å². The minimum atomic E-state index is -0.661. The molecule has 1 fully saturated rings. The quantitative estimate of drug-likeness (QED) is 0.458. The van der Waals surface area contributed by atoms with Crippen molar-refractivity contribution >= 4 is 23.2 Å². The highest BCUT2D eigenvalue weighted by Crippen LogP contribution is 2.27. The number of nitrogens with one attached hydrogen (secondary N) is 1. The van der Waals surface area contributed by atoms with Gasteiger partial charge in [-0.2, -0.15) is 0 Å². The summed E-state index contributed by atoms with van der Waals surface area (Å²) in [6, 6.07) is 19.6. The fourth-order valence-electron chi connectivity index (χ4n) is 4.58. The van der Waals surface area contributed by atoms with Gasteiger partial charge in [0.2, 0.25) is 5.91 Å². The van der Waals surface area contributed by atoms with Crippen LogP contribution in [-0.2, 0) is 11.2 Å². The molecule has 1 aliphatic carbocycles. The highest BCUT2D eigenvalue weighted by Gasteiger charge is 2.33. The zero-order valence-electron chi connectivity index (χ0n) is 19.4. The summed E-state index contributed by atoms with van der Waals surface area (Å²) in [5.74, 6) is -0.176. The third-order valence-electron chi connectivity index (χ3n) is 6.37. The maximum Gasteiger partial charge on any atom is 0.264 e. The lowest BCUT2D eigenvalue weighted by Gasteiger charge is -2.32. The van der Waals surface area contributed by atoms with Gasteiger partial charge in [0, 0.05) is 12.6 Å². The number of hydrogen-bond acceptors (Lipinski definition) is 3. The first-order chi connectivity index (χ1) is 16.0. The van der Waals surface area contributed by atoms with Crippen molar-refractivity contribution in [1.82, 2.24) is 10.2 Å². The van der Waals surface area contributed by atoms with Gasteiger partial charge in [-0.15, -0.1) is 11.3 Å². The van der Waals surface area contributed by atoms with E-state index in [1.54, 1.807) is 4.90 Å². The molecule has 3 aromatic rings. The monoisotopic (exact) mass is 460 g/mol. The van der Waals surface area contributed by atoms with Crippen molar-refractivity contribution in [2.24, 2.45) is 0 Å². The van der Waals surface area contributed by atoms with Crippen LogP contribution in [0.3, 0.4) is 0 Å². The molecule has 1 heterocycles. The Hall–Kier alpha value is -2.92. The average molecular weight is 461 g/mol. The number of aryl methyl sites for hydroxylation is 2. The highest BCUT2D eigenvalue weighted by molar-refractivity contribution is 7.12. The topological polar surface area (TPSA) is 49.4 Å². The van der Waals surface area contributed by atoms with Crippen LogP contribution in [0.25, 0.3) is 0 Å². The predicted octanol–water partition coefficient (Wildman–Crippen LogP) is 5.85. The number of amides is 2. The minimum absolute atomic E-state index is 0.0834. The summed E-state index contributed by atoms with van der Waals surface area (Å²) in [7, 11) is 0. The maximum absolute atomic E-state index is 13.7. The molecule has 4 nitrogen and oxygen atoms in total. The first-order valence-electron chi connectivity index (χ1n) is 11.8. The minimum Gasteiger partial charge on any atom is -0.351 e. The first kappa shape index (κ1) is 23.2. The van der Waals surface area contributed by atoms with E-state index in [-0.39, 0.29) is 17.9 Å². The van der Waals surface area contributed by atoms with Gasteiger partial charge in [0.15, 0.2) is 0 Å². The van der Waals surface area contributed by atoms with Gasteiger partial charge in [0.05, 0.1) is 4.88 Å². The fraction of sp³-hybridized carbons (Fsp3) is 0.357. The van der Waals surface area contributed by atoms with Crippen molar-refractivity contribution < 1.29 is 9.59 Å². The Labute approximate surface area is 200 Å². The normalized spacial score (nSPS) is 14.7. The number of rotatable bonds is 8. The van der Waals surface area contributed by atoms with E-state index < -0.39 is 6.04 Å². The number of hydrogen-bond donors (Lipinski definition) is 1. The molecule has 2 amide bonds. The van der Waals surface area contributed by atoms with Gasteiger partial charge >= 0.3 is 0 Å². The van der Waals surface area contributed by atoms with Gasteiger partial charge < -0.3 is 10.2 Å². The van der Waals surface area contributed by atoms with Crippen LogP contribution in [0.5, 0.6) is 0 Å². The Bertz CT molecular complexity index is 1070. The Kier molecular flexibility index (Phi) is 7.61. The molecule has 1 saturated carbocycles. The first-order valence-corrected chi connectivity index (χ1v) is 12.7. The molecule has 0 radical (unpaired) electrons. The van der Waals surface area contributed by atoms with Gasteiger partial charge in [-0.25, -0.2) is 0 Å². The van der Waals surface area contributed by atoms with Crippen LogP contribution in [-0.4, -0.2) is 29.3 Å². The highest BCUT2D eigenvalue weighted by atomic mass is 32.1. The largest absolute Gasteiger partial charge is 0.351 e. The zero-order chi connectivity index (χ0) is 23.2. The van der Waals surface area contributed by atoms with Crippen LogP contribution in [0.4, 0.5) is 0 Å². The van der Waals surface area contributed by atoms with Gasteiger partial charge in [-0.1, -0.05) is 78.6 Å². The number of carbonyl (C=O) groups excluding carboxylic acids is 2. The molecule has 0 bridgehead atoms. The maximum atomic E-state index is 13.7. The summed E-state index contributed by atoms with van der Waals surface area (Å²) in [4.78, 5) is 29.8. The molecule has 0 saturated heterocycles. The van der Waals surface area contributed by atoms with Crippen LogP contribution in [0, 0.1) is 13.8 Å². The molecule has 1 atom stereocenters. The van der Waals surface area contributed by atoms with E-state index in [0.717, 1.165) is 42.4 Å². The molecule has 0 unspecified atom stereocenters. The van der Waals surface area contributed by atoms with Crippen molar-refractivity contribution in [1.29, 1.82) is 0 Å². The SMILES string of the molecule is Cc1ccc([C@@H](C(=O)NC2CCCC2)N(CCc2cccc(C)c2)C(=O)c2cccs2)cc1. The Morgan fingerprint density at radius 1 is 1.00 bits per heavy atom. The second-order valence-electron chi connectivity index (χ2n) is 9.02. The molecule has 1 N–H and O–H groups in total. The Morgan fingerprint density at radius 2 is 1.76 bits per heavy atom. The van der Waals surface area contributed by atoms with Gasteiger partial charge in [0.25, 0.3) is 5.91 Å². The lowest BCUT2D eigenvalue weighted by Crippen LogP contribution is -2.46. The van der Waals surface area contributed by atoms with E-state index in [1.807, 2.05) is 54.8 Å². The summed E-state index contributed by atoms with van der Waals surface area (Å²) in [5.41, 5.74) is 4.34. The summed E-state index contributed by atoms with van der Waals surface area (Å²) in [6.07, 6.45) is 5.00. The average Bonchev–Trinajstić information content (AvgIpc) is 3.52. The number of nitrogens with zero attached hydrogens (tertiary/aromatic N) is 1. The molecule has 33 heavy (non-hydrogen) atoms. The van der Waals surface area contributed by atoms with E-state index >= 15 is 0 Å². The van der Waals surface area contributed by atoms with Crippen LogP contribution in [0.1, 0.15) is 63.7 Å². The Morgan fingerprint density at radius 3 is 2.42 bits per heavy atom. The molecule has 0 aliphatic heterocycles. The molecular weight excluding hydrogens is 428 g/mol. The molecular formula is C28H32N2O2S. The fourth-order valence-corrected chi connectivity index (χ4v) is 5.26. The van der Waals surface area contributed by atoms with Gasteiger partial charge in [-0.05, 0) is 55.7 Å². The van der Waals surface area contributed by atoms with E-state index in [4.69, 9.17) is 0 Å². The van der Waals surface area contributed by atoms with Gasteiger partial charge in [-0.3, -0.25) is 9.59 Å². The van der Waals surface area contributed by atoms with Crippen LogP contribution in [0.15, 0.2) is 66.0 Å². The molecule has 1 aliphatic rings. The standard InChI is InChI=1S/C28H32N2O2S/c1-20-12-14-23(15-13-20)26(27(31)29-24-9-3-4-10-24)30(28(32)25-11-6-18-33-25)17-16-22-8-5-7-21(2)19-22/h5-8,11-15,18-19,24,26H,3-4,9-10,16-17H2,1-2H3,(H,29,31)/t26-/m0/s1. The smallest absolute Gasteiger partial charge is 0.264 e. The van der Waals surface area contributed by atoms with Crippen molar-refractivity contribution in [3.8, 4) is 0 Å². The summed E-state index contributed by atoms with van der Waals surface area (Å²) >= 11 is 1.42. The van der Waals surface area contributed by atoms with E-state index in [9.17, 15) is 9.59 Å². The summed E-state index contributed by atoms with van der Waals surface area (Å²) in [5, 5.41) is 5.16. The van der Waals surface area contributed by atoms with Gasteiger partial charge in [0.1, 0.15) is 6.04 Å². The molecule has 5 heteroatoms. The van der Waals surface area contributed by atoms with Crippen molar-refractivity contribution in [2.75, 3.05) is 6.54 Å². The van der Waals surface area contributed by atoms with E-state index in [0.29, 0.717) is 17.8 Å².